The zero-order valence-electron chi connectivity index (χ0n) is 9.33. The van der Waals surface area contributed by atoms with Crippen molar-refractivity contribution in [1.82, 2.24) is 4.90 Å². The number of imide groups is 1. The van der Waals surface area contributed by atoms with Crippen LogP contribution >= 0.6 is 0 Å². The minimum Gasteiger partial charge on any atom is -0.447 e. The predicted octanol–water partition coefficient (Wildman–Crippen LogP) is 1.60. The van der Waals surface area contributed by atoms with E-state index in [2.05, 4.69) is 0 Å². The van der Waals surface area contributed by atoms with E-state index < -0.39 is 6.09 Å². The monoisotopic (exact) mass is 231 g/mol. The van der Waals surface area contributed by atoms with E-state index in [9.17, 15) is 9.59 Å². The highest BCUT2D eigenvalue weighted by atomic mass is 16.6. The maximum absolute atomic E-state index is 12.0. The molecular weight excluding hydrogens is 218 g/mol. The zero-order valence-corrected chi connectivity index (χ0v) is 9.33. The summed E-state index contributed by atoms with van der Waals surface area (Å²) in [4.78, 5) is 24.7. The Labute approximate surface area is 99.2 Å². The van der Waals surface area contributed by atoms with Gasteiger partial charge in [0.15, 0.2) is 0 Å². The van der Waals surface area contributed by atoms with Crippen molar-refractivity contribution in [2.75, 3.05) is 6.61 Å². The second-order valence-corrected chi connectivity index (χ2v) is 4.56. The lowest BCUT2D eigenvalue weighted by molar-refractivity contribution is -0.128. The lowest BCUT2D eigenvalue weighted by Crippen LogP contribution is -2.32. The van der Waals surface area contributed by atoms with Crippen LogP contribution in [-0.2, 0) is 16.0 Å². The first-order valence-electron chi connectivity index (χ1n) is 5.79. The standard InChI is InChI=1S/C13H13NO3/c15-12-10(6-9-4-2-1-3-5-9)7-11-8-17-13(16)14(11)12/h1-5,10-11H,6-8H2/t10-,11-/m0/s1. The summed E-state index contributed by atoms with van der Waals surface area (Å²) in [5, 5.41) is 0. The van der Waals surface area contributed by atoms with Crippen molar-refractivity contribution in [3.8, 4) is 0 Å². The van der Waals surface area contributed by atoms with Gasteiger partial charge in [-0.15, -0.1) is 0 Å². The number of benzene rings is 1. The number of hydrogen-bond acceptors (Lipinski definition) is 3. The molecule has 2 saturated heterocycles. The summed E-state index contributed by atoms with van der Waals surface area (Å²) in [5.41, 5.74) is 1.14. The van der Waals surface area contributed by atoms with Gasteiger partial charge in [-0.2, -0.15) is 0 Å². The molecule has 0 bridgehead atoms. The van der Waals surface area contributed by atoms with E-state index in [4.69, 9.17) is 4.74 Å². The van der Waals surface area contributed by atoms with Crippen molar-refractivity contribution in [2.45, 2.75) is 18.9 Å². The van der Waals surface area contributed by atoms with Crippen LogP contribution in [0.4, 0.5) is 4.79 Å². The highest BCUT2D eigenvalue weighted by molar-refractivity contribution is 5.96. The normalized spacial score (nSPS) is 27.2. The summed E-state index contributed by atoms with van der Waals surface area (Å²) in [6.45, 7) is 0.357. The minimum absolute atomic E-state index is 0.0382. The molecule has 0 aromatic heterocycles. The fraction of sp³-hybridized carbons (Fsp3) is 0.385. The molecule has 0 radical (unpaired) electrons. The minimum atomic E-state index is -0.476. The van der Waals surface area contributed by atoms with Gasteiger partial charge in [-0.25, -0.2) is 9.69 Å². The second kappa shape index (κ2) is 3.87. The molecular formula is C13H13NO3. The molecule has 4 nitrogen and oxygen atoms in total. The topological polar surface area (TPSA) is 46.6 Å². The van der Waals surface area contributed by atoms with Crippen molar-refractivity contribution in [3.05, 3.63) is 35.9 Å². The number of rotatable bonds is 2. The Bertz CT molecular complexity index is 457. The van der Waals surface area contributed by atoms with Crippen molar-refractivity contribution < 1.29 is 14.3 Å². The molecule has 2 amide bonds. The van der Waals surface area contributed by atoms with E-state index in [1.165, 1.54) is 4.90 Å². The number of carbonyl (C=O) groups excluding carboxylic acids is 2. The highest BCUT2D eigenvalue weighted by Crippen LogP contribution is 2.31. The summed E-state index contributed by atoms with van der Waals surface area (Å²) in [6.07, 6.45) is 0.954. The van der Waals surface area contributed by atoms with Gasteiger partial charge in [-0.05, 0) is 18.4 Å². The van der Waals surface area contributed by atoms with Gasteiger partial charge in [0, 0.05) is 5.92 Å². The molecule has 4 heteroatoms. The Morgan fingerprint density at radius 2 is 2.00 bits per heavy atom. The summed E-state index contributed by atoms with van der Waals surface area (Å²) in [6, 6.07) is 9.86. The summed E-state index contributed by atoms with van der Waals surface area (Å²) >= 11 is 0. The van der Waals surface area contributed by atoms with Crippen LogP contribution in [0.1, 0.15) is 12.0 Å². The molecule has 3 rings (SSSR count). The summed E-state index contributed by atoms with van der Waals surface area (Å²) in [5.74, 6) is -0.156. The Hall–Kier alpha value is -1.84. The van der Waals surface area contributed by atoms with Crippen LogP contribution in [0.5, 0.6) is 0 Å². The first-order chi connectivity index (χ1) is 8.25. The maximum Gasteiger partial charge on any atom is 0.416 e. The molecule has 0 saturated carbocycles. The molecule has 2 atom stereocenters. The summed E-state index contributed by atoms with van der Waals surface area (Å²) in [7, 11) is 0. The van der Waals surface area contributed by atoms with Crippen LogP contribution in [0, 0.1) is 5.92 Å². The lowest BCUT2D eigenvalue weighted by atomic mass is 9.96. The number of nitrogens with zero attached hydrogens (tertiary/aromatic N) is 1. The van der Waals surface area contributed by atoms with Gasteiger partial charge < -0.3 is 4.74 Å². The maximum atomic E-state index is 12.0. The molecule has 0 aliphatic carbocycles. The fourth-order valence-corrected chi connectivity index (χ4v) is 2.60. The average molecular weight is 231 g/mol. The predicted molar refractivity (Wildman–Crippen MR) is 60.2 cm³/mol. The lowest BCUT2D eigenvalue weighted by Gasteiger charge is -2.10. The van der Waals surface area contributed by atoms with Crippen LogP contribution in [0.2, 0.25) is 0 Å². The van der Waals surface area contributed by atoms with Crippen LogP contribution < -0.4 is 0 Å². The molecule has 0 unspecified atom stereocenters. The molecule has 1 aromatic rings. The fourth-order valence-electron chi connectivity index (χ4n) is 2.60. The van der Waals surface area contributed by atoms with Gasteiger partial charge in [0.1, 0.15) is 6.61 Å². The molecule has 2 fully saturated rings. The Kier molecular flexibility index (Phi) is 2.35. The number of carbonyl (C=O) groups is 2. The molecule has 0 spiro atoms. The first kappa shape index (κ1) is 10.3. The van der Waals surface area contributed by atoms with Crippen LogP contribution in [0.3, 0.4) is 0 Å². The number of hydrogen-bond donors (Lipinski definition) is 0. The van der Waals surface area contributed by atoms with E-state index >= 15 is 0 Å². The van der Waals surface area contributed by atoms with E-state index in [1.807, 2.05) is 30.3 Å². The number of fused-ring (bicyclic) bond motifs is 1. The third-order valence-electron chi connectivity index (χ3n) is 3.43. The van der Waals surface area contributed by atoms with Crippen molar-refractivity contribution in [3.63, 3.8) is 0 Å². The Morgan fingerprint density at radius 3 is 2.71 bits per heavy atom. The van der Waals surface area contributed by atoms with Gasteiger partial charge >= 0.3 is 6.09 Å². The second-order valence-electron chi connectivity index (χ2n) is 4.56. The molecule has 2 heterocycles. The number of amides is 2. The van der Waals surface area contributed by atoms with E-state index in [0.717, 1.165) is 12.0 Å². The van der Waals surface area contributed by atoms with Gasteiger partial charge in [0.25, 0.3) is 0 Å². The number of ether oxygens (including phenoxy) is 1. The Balaban J connectivity index is 1.75. The molecule has 0 N–H and O–H groups in total. The SMILES string of the molecule is O=C1OC[C@@H]2C[C@H](Cc3ccccc3)C(=O)N12. The molecule has 88 valence electrons. The molecule has 2 aliphatic heterocycles. The smallest absolute Gasteiger partial charge is 0.416 e. The number of cyclic esters (lactones) is 1. The van der Waals surface area contributed by atoms with Crippen molar-refractivity contribution in [1.29, 1.82) is 0 Å². The van der Waals surface area contributed by atoms with Crippen LogP contribution in [-0.4, -0.2) is 29.5 Å². The molecule has 2 aliphatic rings. The van der Waals surface area contributed by atoms with Gasteiger partial charge in [-0.1, -0.05) is 30.3 Å². The highest BCUT2D eigenvalue weighted by Gasteiger charge is 2.48. The molecule has 1 aromatic carbocycles. The van der Waals surface area contributed by atoms with E-state index in [0.29, 0.717) is 13.0 Å². The van der Waals surface area contributed by atoms with Crippen LogP contribution in [0.15, 0.2) is 30.3 Å². The van der Waals surface area contributed by atoms with Gasteiger partial charge in [0.05, 0.1) is 6.04 Å². The van der Waals surface area contributed by atoms with Crippen LogP contribution in [0.25, 0.3) is 0 Å². The van der Waals surface area contributed by atoms with Gasteiger partial charge in [-0.3, -0.25) is 4.79 Å². The third kappa shape index (κ3) is 1.69. The first-order valence-corrected chi connectivity index (χ1v) is 5.79. The van der Waals surface area contributed by atoms with Gasteiger partial charge in [0.2, 0.25) is 5.91 Å². The molecule has 17 heavy (non-hydrogen) atoms. The van der Waals surface area contributed by atoms with Crippen molar-refractivity contribution in [2.24, 2.45) is 5.92 Å². The quantitative estimate of drug-likeness (QED) is 0.776. The zero-order chi connectivity index (χ0) is 11.8. The Morgan fingerprint density at radius 1 is 1.24 bits per heavy atom. The largest absolute Gasteiger partial charge is 0.447 e. The van der Waals surface area contributed by atoms with E-state index in [1.54, 1.807) is 0 Å². The van der Waals surface area contributed by atoms with Crippen molar-refractivity contribution >= 4 is 12.0 Å². The summed E-state index contributed by atoms with van der Waals surface area (Å²) < 4.78 is 4.85. The third-order valence-corrected chi connectivity index (χ3v) is 3.43. The average Bonchev–Trinajstić information content (AvgIpc) is 2.84. The van der Waals surface area contributed by atoms with E-state index in [-0.39, 0.29) is 17.9 Å².